The molecule has 0 radical (unpaired) electrons. The van der Waals surface area contributed by atoms with E-state index in [1.807, 2.05) is 26.8 Å². The number of aromatic nitrogens is 1. The fourth-order valence-corrected chi connectivity index (χ4v) is 2.19. The van der Waals surface area contributed by atoms with Gasteiger partial charge in [0.05, 0.1) is 0 Å². The molecule has 0 bridgehead atoms. The molecule has 0 aliphatic heterocycles. The summed E-state index contributed by atoms with van der Waals surface area (Å²) < 4.78 is 5.77. The number of rotatable bonds is 3. The van der Waals surface area contributed by atoms with Crippen LogP contribution in [0.2, 0.25) is 0 Å². The van der Waals surface area contributed by atoms with E-state index in [4.69, 9.17) is 4.74 Å². The van der Waals surface area contributed by atoms with Crippen molar-refractivity contribution in [3.8, 4) is 5.88 Å². The van der Waals surface area contributed by atoms with Crippen LogP contribution < -0.4 is 4.74 Å². The first-order chi connectivity index (χ1) is 8.47. The third kappa shape index (κ3) is 3.09. The molecule has 1 fully saturated rings. The van der Waals surface area contributed by atoms with E-state index in [9.17, 15) is 4.79 Å². The second kappa shape index (κ2) is 5.09. The Balaban J connectivity index is 2.03. The van der Waals surface area contributed by atoms with Gasteiger partial charge in [0, 0.05) is 23.2 Å². The Kier molecular flexibility index (Phi) is 3.69. The summed E-state index contributed by atoms with van der Waals surface area (Å²) in [5.41, 5.74) is 0.288. The molecule has 0 unspecified atom stereocenters. The first kappa shape index (κ1) is 13.1. The molecule has 1 aliphatic carbocycles. The summed E-state index contributed by atoms with van der Waals surface area (Å²) in [5, 5.41) is 0. The van der Waals surface area contributed by atoms with E-state index in [1.165, 1.54) is 12.8 Å². The minimum Gasteiger partial charge on any atom is -0.474 e. The van der Waals surface area contributed by atoms with Crippen molar-refractivity contribution in [2.24, 2.45) is 5.41 Å². The van der Waals surface area contributed by atoms with Gasteiger partial charge in [-0.05, 0) is 31.7 Å². The highest BCUT2D eigenvalue weighted by Crippen LogP contribution is 2.24. The quantitative estimate of drug-likeness (QED) is 0.766. The van der Waals surface area contributed by atoms with Gasteiger partial charge >= 0.3 is 0 Å². The van der Waals surface area contributed by atoms with E-state index in [2.05, 4.69) is 4.98 Å². The minimum absolute atomic E-state index is 0.113. The highest BCUT2D eigenvalue weighted by molar-refractivity contribution is 5.99. The lowest BCUT2D eigenvalue weighted by molar-refractivity contribution is 0.0858. The number of carbonyl (C=O) groups is 1. The van der Waals surface area contributed by atoms with E-state index in [1.54, 1.807) is 12.3 Å². The van der Waals surface area contributed by atoms with Gasteiger partial charge in [0.25, 0.3) is 0 Å². The fourth-order valence-electron chi connectivity index (χ4n) is 2.19. The van der Waals surface area contributed by atoms with E-state index in [0.717, 1.165) is 12.8 Å². The molecule has 98 valence electrons. The zero-order valence-electron chi connectivity index (χ0n) is 11.4. The average Bonchev–Trinajstić information content (AvgIpc) is 2.81. The van der Waals surface area contributed by atoms with E-state index in [-0.39, 0.29) is 11.2 Å². The molecule has 1 heterocycles. The second-order valence-corrected chi connectivity index (χ2v) is 5.99. The van der Waals surface area contributed by atoms with Crippen molar-refractivity contribution in [1.29, 1.82) is 0 Å². The number of pyridine rings is 1. The molecular formula is C15H21NO2. The lowest BCUT2D eigenvalue weighted by Crippen LogP contribution is -2.20. The van der Waals surface area contributed by atoms with Gasteiger partial charge in [0.2, 0.25) is 5.88 Å². The first-order valence-corrected chi connectivity index (χ1v) is 6.64. The maximum atomic E-state index is 12.0. The van der Waals surface area contributed by atoms with Crippen molar-refractivity contribution in [3.63, 3.8) is 0 Å². The molecule has 0 N–H and O–H groups in total. The maximum Gasteiger partial charge on any atom is 0.213 e. The zero-order valence-corrected chi connectivity index (χ0v) is 11.4. The van der Waals surface area contributed by atoms with Crippen LogP contribution in [0.1, 0.15) is 56.8 Å². The number of carbonyl (C=O) groups excluding carboxylic acids is 1. The Bertz CT molecular complexity index is 411. The predicted octanol–water partition coefficient (Wildman–Crippen LogP) is 3.63. The normalized spacial score (nSPS) is 16.8. The van der Waals surface area contributed by atoms with Gasteiger partial charge in [-0.3, -0.25) is 4.79 Å². The van der Waals surface area contributed by atoms with Gasteiger partial charge in [0.1, 0.15) is 6.10 Å². The standard InChI is InChI=1S/C15H21NO2/c1-15(2,3)14(17)11-8-9-13(16-10-11)18-12-6-4-5-7-12/h8-10,12H,4-7H2,1-3H3. The third-order valence-corrected chi connectivity index (χ3v) is 3.27. The van der Waals surface area contributed by atoms with Crippen LogP contribution in [0.15, 0.2) is 18.3 Å². The lowest BCUT2D eigenvalue weighted by Gasteiger charge is -2.17. The van der Waals surface area contributed by atoms with Crippen molar-refractivity contribution < 1.29 is 9.53 Å². The number of ether oxygens (including phenoxy) is 1. The third-order valence-electron chi connectivity index (χ3n) is 3.27. The molecule has 1 aliphatic rings. The highest BCUT2D eigenvalue weighted by Gasteiger charge is 2.23. The molecule has 1 aromatic rings. The summed E-state index contributed by atoms with van der Waals surface area (Å²) in [6.45, 7) is 5.74. The van der Waals surface area contributed by atoms with Crippen molar-refractivity contribution in [3.05, 3.63) is 23.9 Å². The zero-order chi connectivity index (χ0) is 13.2. The topological polar surface area (TPSA) is 39.2 Å². The van der Waals surface area contributed by atoms with Crippen molar-refractivity contribution in [2.75, 3.05) is 0 Å². The summed E-state index contributed by atoms with van der Waals surface area (Å²) in [7, 11) is 0. The number of hydrogen-bond acceptors (Lipinski definition) is 3. The van der Waals surface area contributed by atoms with Crippen molar-refractivity contribution in [1.82, 2.24) is 4.98 Å². The molecular weight excluding hydrogens is 226 g/mol. The minimum atomic E-state index is -0.366. The highest BCUT2D eigenvalue weighted by atomic mass is 16.5. The Labute approximate surface area is 109 Å². The van der Waals surface area contributed by atoms with Crippen molar-refractivity contribution >= 4 is 5.78 Å². The Morgan fingerprint density at radius 3 is 2.44 bits per heavy atom. The van der Waals surface area contributed by atoms with Crippen LogP contribution in [0.25, 0.3) is 0 Å². The Morgan fingerprint density at radius 2 is 1.94 bits per heavy atom. The molecule has 3 nitrogen and oxygen atoms in total. The molecule has 1 aromatic heterocycles. The van der Waals surface area contributed by atoms with Crippen LogP contribution in [0.4, 0.5) is 0 Å². The average molecular weight is 247 g/mol. The van der Waals surface area contributed by atoms with Crippen molar-refractivity contribution in [2.45, 2.75) is 52.6 Å². The number of ketones is 1. The Morgan fingerprint density at radius 1 is 1.28 bits per heavy atom. The van der Waals surface area contributed by atoms with E-state index >= 15 is 0 Å². The van der Waals surface area contributed by atoms with Gasteiger partial charge in [-0.25, -0.2) is 4.98 Å². The predicted molar refractivity (Wildman–Crippen MR) is 70.9 cm³/mol. The molecule has 18 heavy (non-hydrogen) atoms. The lowest BCUT2D eigenvalue weighted by atomic mass is 9.87. The first-order valence-electron chi connectivity index (χ1n) is 6.64. The fraction of sp³-hybridized carbons (Fsp3) is 0.600. The molecule has 0 amide bonds. The molecule has 3 heteroatoms. The Hall–Kier alpha value is -1.38. The molecule has 0 aromatic carbocycles. The van der Waals surface area contributed by atoms with Gasteiger partial charge in [-0.1, -0.05) is 20.8 Å². The van der Waals surface area contributed by atoms with Crippen LogP contribution in [-0.4, -0.2) is 16.9 Å². The number of Topliss-reactive ketones (excluding diaryl/α,β-unsaturated/α-hetero) is 1. The second-order valence-electron chi connectivity index (χ2n) is 5.99. The molecule has 2 rings (SSSR count). The largest absolute Gasteiger partial charge is 0.474 e. The van der Waals surface area contributed by atoms with Crippen LogP contribution in [0, 0.1) is 5.41 Å². The number of hydrogen-bond donors (Lipinski definition) is 0. The summed E-state index contributed by atoms with van der Waals surface area (Å²) in [4.78, 5) is 16.3. The summed E-state index contributed by atoms with van der Waals surface area (Å²) in [6.07, 6.45) is 6.64. The molecule has 0 atom stereocenters. The number of nitrogens with zero attached hydrogens (tertiary/aromatic N) is 1. The van der Waals surface area contributed by atoms with Crippen LogP contribution in [0.5, 0.6) is 5.88 Å². The summed E-state index contributed by atoms with van der Waals surface area (Å²) in [6, 6.07) is 3.61. The van der Waals surface area contributed by atoms with Gasteiger partial charge < -0.3 is 4.74 Å². The molecule has 0 saturated heterocycles. The van der Waals surface area contributed by atoms with Crippen LogP contribution in [0.3, 0.4) is 0 Å². The molecule has 1 saturated carbocycles. The van der Waals surface area contributed by atoms with Gasteiger partial charge in [-0.15, -0.1) is 0 Å². The van der Waals surface area contributed by atoms with Crippen LogP contribution in [-0.2, 0) is 0 Å². The van der Waals surface area contributed by atoms with Gasteiger partial charge in [-0.2, -0.15) is 0 Å². The van der Waals surface area contributed by atoms with E-state index < -0.39 is 0 Å². The van der Waals surface area contributed by atoms with E-state index in [0.29, 0.717) is 17.5 Å². The monoisotopic (exact) mass is 247 g/mol. The smallest absolute Gasteiger partial charge is 0.213 e. The SMILES string of the molecule is CC(C)(C)C(=O)c1ccc(OC2CCCC2)nc1. The maximum absolute atomic E-state index is 12.0. The molecule has 0 spiro atoms. The summed E-state index contributed by atoms with van der Waals surface area (Å²) >= 11 is 0. The van der Waals surface area contributed by atoms with Gasteiger partial charge in [0.15, 0.2) is 5.78 Å². The summed E-state index contributed by atoms with van der Waals surface area (Å²) in [5.74, 6) is 0.745. The van der Waals surface area contributed by atoms with Crippen LogP contribution >= 0.6 is 0 Å².